The van der Waals surface area contributed by atoms with Crippen molar-refractivity contribution in [2.45, 2.75) is 6.18 Å². The van der Waals surface area contributed by atoms with Gasteiger partial charge in [-0.3, -0.25) is 4.98 Å². The zero-order chi connectivity index (χ0) is 22.0. The number of pyridine rings is 1. The molecule has 0 saturated heterocycles. The van der Waals surface area contributed by atoms with E-state index in [1.165, 1.54) is 19.2 Å². The van der Waals surface area contributed by atoms with E-state index in [1.807, 2.05) is 0 Å². The molecular formula is C22H15F3N4O2. The molecule has 4 aromatic rings. The molecule has 2 heterocycles. The van der Waals surface area contributed by atoms with E-state index in [0.29, 0.717) is 27.6 Å². The van der Waals surface area contributed by atoms with Crippen molar-refractivity contribution in [2.75, 3.05) is 12.4 Å². The summed E-state index contributed by atoms with van der Waals surface area (Å²) in [6.07, 6.45) is -1.30. The third kappa shape index (κ3) is 4.16. The number of rotatable bonds is 4. The number of carbonyl (C=O) groups is 1. The monoisotopic (exact) mass is 424 g/mol. The van der Waals surface area contributed by atoms with Gasteiger partial charge in [-0.1, -0.05) is 18.2 Å². The fourth-order valence-electron chi connectivity index (χ4n) is 3.09. The van der Waals surface area contributed by atoms with Crippen molar-refractivity contribution in [1.29, 1.82) is 0 Å². The van der Waals surface area contributed by atoms with E-state index < -0.39 is 17.7 Å². The molecule has 0 atom stereocenters. The van der Waals surface area contributed by atoms with E-state index in [9.17, 15) is 18.0 Å². The molecule has 0 amide bonds. The molecule has 0 bridgehead atoms. The van der Waals surface area contributed by atoms with Gasteiger partial charge in [0.15, 0.2) is 5.82 Å². The minimum Gasteiger partial charge on any atom is -0.465 e. The number of carbonyl (C=O) groups excluding carboxylic acids is 1. The number of alkyl halides is 3. The van der Waals surface area contributed by atoms with Crippen molar-refractivity contribution < 1.29 is 22.7 Å². The van der Waals surface area contributed by atoms with Gasteiger partial charge < -0.3 is 10.1 Å². The molecule has 6 nitrogen and oxygen atoms in total. The van der Waals surface area contributed by atoms with Gasteiger partial charge in [-0.2, -0.15) is 13.2 Å². The van der Waals surface area contributed by atoms with Gasteiger partial charge >= 0.3 is 12.1 Å². The minimum atomic E-state index is -4.45. The summed E-state index contributed by atoms with van der Waals surface area (Å²) in [6.45, 7) is 0. The van der Waals surface area contributed by atoms with Crippen LogP contribution in [-0.4, -0.2) is 28.3 Å². The number of ether oxygens (including phenoxy) is 1. The normalized spacial score (nSPS) is 11.4. The number of nitrogens with zero attached hydrogens (tertiary/aromatic N) is 3. The van der Waals surface area contributed by atoms with Crippen LogP contribution in [0.3, 0.4) is 0 Å². The maximum atomic E-state index is 13.0. The Labute approximate surface area is 174 Å². The summed E-state index contributed by atoms with van der Waals surface area (Å²) in [5.74, 6) is -0.176. The molecule has 0 spiro atoms. The third-order valence-corrected chi connectivity index (χ3v) is 4.61. The number of aromatic nitrogens is 3. The summed E-state index contributed by atoms with van der Waals surface area (Å²) >= 11 is 0. The van der Waals surface area contributed by atoms with Crippen LogP contribution in [0.5, 0.6) is 0 Å². The van der Waals surface area contributed by atoms with Crippen LogP contribution in [0.15, 0.2) is 67.0 Å². The maximum Gasteiger partial charge on any atom is 0.416 e. The number of hydrogen-bond acceptors (Lipinski definition) is 6. The van der Waals surface area contributed by atoms with Gasteiger partial charge in [0.2, 0.25) is 0 Å². The quantitative estimate of drug-likeness (QED) is 0.452. The fraction of sp³-hybridized carbons (Fsp3) is 0.0909. The van der Waals surface area contributed by atoms with Crippen LogP contribution in [0, 0.1) is 0 Å². The summed E-state index contributed by atoms with van der Waals surface area (Å²) < 4.78 is 43.7. The van der Waals surface area contributed by atoms with E-state index in [0.717, 1.165) is 12.1 Å². The van der Waals surface area contributed by atoms with Crippen molar-refractivity contribution in [2.24, 2.45) is 0 Å². The number of nitrogens with one attached hydrogen (secondary N) is 1. The van der Waals surface area contributed by atoms with Crippen molar-refractivity contribution in [1.82, 2.24) is 15.2 Å². The Morgan fingerprint density at radius 2 is 1.77 bits per heavy atom. The third-order valence-electron chi connectivity index (χ3n) is 4.61. The smallest absolute Gasteiger partial charge is 0.416 e. The fourth-order valence-corrected chi connectivity index (χ4v) is 3.09. The predicted molar refractivity (Wildman–Crippen MR) is 109 cm³/mol. The first-order chi connectivity index (χ1) is 14.9. The number of hydrogen-bond donors (Lipinski definition) is 1. The molecule has 0 unspecified atom stereocenters. The summed E-state index contributed by atoms with van der Waals surface area (Å²) in [5, 5.41) is 12.6. The standard InChI is InChI=1S/C22H15F3N4O2/c1-31-21(30)14-7-5-13(6-8-14)19-17-9-10-26-12-18(17)20(29-28-19)27-16-4-2-3-15(11-16)22(23,24)25/h2-12H,1H3,(H,27,29). The molecule has 0 radical (unpaired) electrons. The van der Waals surface area contributed by atoms with Crippen molar-refractivity contribution in [3.8, 4) is 11.3 Å². The highest BCUT2D eigenvalue weighted by atomic mass is 19.4. The first-order valence-electron chi connectivity index (χ1n) is 9.10. The molecule has 9 heteroatoms. The Morgan fingerprint density at radius 3 is 2.48 bits per heavy atom. The minimum absolute atomic E-state index is 0.226. The molecule has 4 rings (SSSR count). The van der Waals surface area contributed by atoms with E-state index in [-0.39, 0.29) is 11.5 Å². The first kappa shape index (κ1) is 20.3. The lowest BCUT2D eigenvalue weighted by Crippen LogP contribution is -2.06. The lowest BCUT2D eigenvalue weighted by atomic mass is 10.0. The molecule has 0 aliphatic heterocycles. The number of esters is 1. The van der Waals surface area contributed by atoms with Gasteiger partial charge in [0.25, 0.3) is 0 Å². The van der Waals surface area contributed by atoms with Crippen LogP contribution in [0.2, 0.25) is 0 Å². The highest BCUT2D eigenvalue weighted by molar-refractivity contribution is 6.00. The molecule has 1 N–H and O–H groups in total. The summed E-state index contributed by atoms with van der Waals surface area (Å²) in [4.78, 5) is 15.7. The number of anilines is 2. The summed E-state index contributed by atoms with van der Waals surface area (Å²) in [6, 6.07) is 13.2. The Hall–Kier alpha value is -4.01. The molecule has 2 aromatic carbocycles. The van der Waals surface area contributed by atoms with E-state index in [4.69, 9.17) is 4.74 Å². The van der Waals surface area contributed by atoms with Gasteiger partial charge in [-0.25, -0.2) is 4.79 Å². The maximum absolute atomic E-state index is 13.0. The second-order valence-electron chi connectivity index (χ2n) is 6.59. The Bertz CT molecular complexity index is 1260. The molecule has 156 valence electrons. The van der Waals surface area contributed by atoms with Crippen LogP contribution >= 0.6 is 0 Å². The molecular weight excluding hydrogens is 409 g/mol. The molecule has 0 fully saturated rings. The van der Waals surface area contributed by atoms with Gasteiger partial charge in [-0.15, -0.1) is 10.2 Å². The van der Waals surface area contributed by atoms with Crippen molar-refractivity contribution in [3.63, 3.8) is 0 Å². The summed E-state index contributed by atoms with van der Waals surface area (Å²) in [7, 11) is 1.30. The second-order valence-corrected chi connectivity index (χ2v) is 6.59. The Balaban J connectivity index is 1.73. The van der Waals surface area contributed by atoms with Crippen LogP contribution in [0.1, 0.15) is 15.9 Å². The van der Waals surface area contributed by atoms with Gasteiger partial charge in [0.1, 0.15) is 5.69 Å². The predicted octanol–water partition coefficient (Wildman–Crippen LogP) is 5.24. The number of halogens is 3. The lowest BCUT2D eigenvalue weighted by Gasteiger charge is -2.13. The molecule has 0 aliphatic carbocycles. The molecule has 31 heavy (non-hydrogen) atoms. The molecule has 0 saturated carbocycles. The van der Waals surface area contributed by atoms with Gasteiger partial charge in [-0.05, 0) is 36.4 Å². The Kier molecular flexibility index (Phi) is 5.24. The average Bonchev–Trinajstić information content (AvgIpc) is 2.78. The van der Waals surface area contributed by atoms with Crippen LogP contribution in [0.25, 0.3) is 22.0 Å². The van der Waals surface area contributed by atoms with Crippen molar-refractivity contribution in [3.05, 3.63) is 78.1 Å². The van der Waals surface area contributed by atoms with E-state index in [2.05, 4.69) is 20.5 Å². The molecule has 2 aromatic heterocycles. The number of fused-ring (bicyclic) bond motifs is 1. The average molecular weight is 424 g/mol. The van der Waals surface area contributed by atoms with Crippen LogP contribution < -0.4 is 5.32 Å². The summed E-state index contributed by atoms with van der Waals surface area (Å²) in [5.41, 5.74) is 1.11. The van der Waals surface area contributed by atoms with Gasteiger partial charge in [0, 0.05) is 34.4 Å². The number of benzene rings is 2. The second kappa shape index (κ2) is 8.02. The highest BCUT2D eigenvalue weighted by Gasteiger charge is 2.30. The SMILES string of the molecule is COC(=O)c1ccc(-c2nnc(Nc3cccc(C(F)(F)F)c3)c3cnccc23)cc1. The first-order valence-corrected chi connectivity index (χ1v) is 9.10. The van der Waals surface area contributed by atoms with Crippen molar-refractivity contribution >= 4 is 28.2 Å². The van der Waals surface area contributed by atoms with Gasteiger partial charge in [0.05, 0.1) is 18.2 Å². The molecule has 0 aliphatic rings. The van der Waals surface area contributed by atoms with E-state index >= 15 is 0 Å². The highest BCUT2D eigenvalue weighted by Crippen LogP contribution is 2.33. The Morgan fingerprint density at radius 1 is 1.00 bits per heavy atom. The number of methoxy groups -OCH3 is 1. The topological polar surface area (TPSA) is 77.0 Å². The van der Waals surface area contributed by atoms with Crippen LogP contribution in [0.4, 0.5) is 24.7 Å². The zero-order valence-electron chi connectivity index (χ0n) is 16.1. The van der Waals surface area contributed by atoms with Crippen LogP contribution in [-0.2, 0) is 10.9 Å². The van der Waals surface area contributed by atoms with E-state index in [1.54, 1.807) is 42.7 Å². The lowest BCUT2D eigenvalue weighted by molar-refractivity contribution is -0.137. The zero-order valence-corrected chi connectivity index (χ0v) is 16.1. The largest absolute Gasteiger partial charge is 0.465 e.